The second-order valence-corrected chi connectivity index (χ2v) is 12.5. The lowest BCUT2D eigenvalue weighted by atomic mass is 10.1. The lowest BCUT2D eigenvalue weighted by molar-refractivity contribution is -0.149. The van der Waals surface area contributed by atoms with Crippen LogP contribution in [0.4, 0.5) is 10.2 Å². The molecule has 1 aliphatic rings. The van der Waals surface area contributed by atoms with Gasteiger partial charge in [0.25, 0.3) is 5.13 Å². The Hall–Kier alpha value is -2.45. The minimum absolute atomic E-state index is 0.0844. The quantitative estimate of drug-likeness (QED) is 0.181. The van der Waals surface area contributed by atoms with E-state index < -0.39 is 48.8 Å². The molecule has 1 unspecified atom stereocenters. The van der Waals surface area contributed by atoms with Gasteiger partial charge in [-0.2, -0.15) is 0 Å². The van der Waals surface area contributed by atoms with E-state index in [1.54, 1.807) is 51.1 Å². The highest BCUT2D eigenvalue weighted by Gasteiger charge is 2.58. The van der Waals surface area contributed by atoms with Crippen LogP contribution in [0.15, 0.2) is 43.0 Å². The molecule has 1 fully saturated rings. The number of halogens is 2. The maximum Gasteiger partial charge on any atom is 0.323 e. The topological polar surface area (TPSA) is 156 Å². The van der Waals surface area contributed by atoms with E-state index in [0.717, 1.165) is 0 Å². The molecule has 0 bridgehead atoms. The number of rotatable bonds is 10. The van der Waals surface area contributed by atoms with Crippen LogP contribution in [0.3, 0.4) is 0 Å². The summed E-state index contributed by atoms with van der Waals surface area (Å²) in [6.45, 7) is 1.07. The van der Waals surface area contributed by atoms with Crippen LogP contribution < -0.4 is 15.3 Å². The highest BCUT2D eigenvalue weighted by molar-refractivity contribution is 8.09. The summed E-state index contributed by atoms with van der Waals surface area (Å²) in [5.41, 5.74) is 6.19. The molecule has 0 saturated carbocycles. The van der Waals surface area contributed by atoms with E-state index in [9.17, 15) is 9.90 Å². The molecule has 3 heterocycles. The number of benzene rings is 1. The number of nitrogens with zero attached hydrogens (tertiary/aromatic N) is 4. The summed E-state index contributed by atoms with van der Waals surface area (Å²) in [5.74, 6) is -0.109. The number of aliphatic hydroxyl groups excluding tert-OH is 1. The van der Waals surface area contributed by atoms with Crippen LogP contribution >= 0.6 is 18.2 Å². The van der Waals surface area contributed by atoms with Gasteiger partial charge in [0.1, 0.15) is 35.8 Å². The predicted molar refractivity (Wildman–Crippen MR) is 140 cm³/mol. The number of carbonyl (C=O) groups excluding carboxylic acids is 1. The van der Waals surface area contributed by atoms with Gasteiger partial charge < -0.3 is 29.4 Å². The number of fused-ring (bicyclic) bond motifs is 1. The van der Waals surface area contributed by atoms with Crippen LogP contribution in [0.25, 0.3) is 11.2 Å². The maximum absolute atomic E-state index is 15.6. The summed E-state index contributed by atoms with van der Waals surface area (Å²) in [6.07, 6.45) is -2.58. The van der Waals surface area contributed by atoms with Gasteiger partial charge >= 0.3 is 12.6 Å². The number of aliphatic hydroxyl groups is 1. The minimum atomic E-state index is -3.47. The summed E-state index contributed by atoms with van der Waals surface area (Å²) < 4.78 is 39.6. The number of ether oxygens (including phenoxy) is 2. The first kappa shape index (κ1) is 28.6. The average molecular weight is 589 g/mol. The minimum Gasteiger partial charge on any atom is -0.462 e. The Morgan fingerprint density at radius 2 is 2.05 bits per heavy atom. The highest BCUT2D eigenvalue weighted by Crippen LogP contribution is 2.49. The van der Waals surface area contributed by atoms with E-state index in [2.05, 4.69) is 20.0 Å². The van der Waals surface area contributed by atoms with Gasteiger partial charge in [-0.1, -0.05) is 29.8 Å². The third-order valence-corrected chi connectivity index (χ3v) is 8.36. The van der Waals surface area contributed by atoms with E-state index in [1.165, 1.54) is 17.2 Å². The van der Waals surface area contributed by atoms with E-state index >= 15 is 4.39 Å². The molecule has 0 aliphatic carbocycles. The third kappa shape index (κ3) is 6.07. The smallest absolute Gasteiger partial charge is 0.323 e. The van der Waals surface area contributed by atoms with Gasteiger partial charge in [-0.15, -0.1) is 0 Å². The Kier molecular flexibility index (Phi) is 8.52. The van der Waals surface area contributed by atoms with Gasteiger partial charge in [-0.05, 0) is 44.7 Å². The molecule has 0 amide bonds. The molecule has 0 spiro atoms. The maximum atomic E-state index is 15.6. The van der Waals surface area contributed by atoms with Crippen molar-refractivity contribution < 1.29 is 32.8 Å². The fourth-order valence-electron chi connectivity index (χ4n) is 3.65. The van der Waals surface area contributed by atoms with Crippen molar-refractivity contribution in [2.45, 2.75) is 56.5 Å². The molecule has 1 aliphatic heterocycles. The van der Waals surface area contributed by atoms with E-state index in [4.69, 9.17) is 47.7 Å². The van der Waals surface area contributed by atoms with Gasteiger partial charge in [0.2, 0.25) is 0 Å². The largest absolute Gasteiger partial charge is 0.462 e. The molecule has 6 atom stereocenters. The Morgan fingerprint density at radius 3 is 2.74 bits per heavy atom. The number of anilines is 1. The SMILES string of the molecule is CC(C)OC(=O)[C@H](C)NP(=S)(OC[C@H]1O[C@@H](n2cnc3c(N)ncnc32)[C@](F)(Cl)[C@@H]1O)Oc1ccccc1. The van der Waals surface area contributed by atoms with Crippen molar-refractivity contribution in [2.24, 2.45) is 0 Å². The van der Waals surface area contributed by atoms with Crippen LogP contribution in [0, 0.1) is 0 Å². The summed E-state index contributed by atoms with van der Waals surface area (Å²) >= 11 is 11.8. The number of hydrogen-bond acceptors (Lipinski definition) is 11. The number of nitrogen functional groups attached to an aromatic ring is 1. The van der Waals surface area contributed by atoms with Crippen LogP contribution in [0.1, 0.15) is 27.0 Å². The predicted octanol–water partition coefficient (Wildman–Crippen LogP) is 2.82. The Labute approximate surface area is 227 Å². The first-order valence-corrected chi connectivity index (χ1v) is 14.5. The van der Waals surface area contributed by atoms with E-state index in [-0.39, 0.29) is 23.1 Å². The fourth-order valence-corrected chi connectivity index (χ4v) is 6.37. The zero-order chi connectivity index (χ0) is 27.7. The van der Waals surface area contributed by atoms with Crippen molar-refractivity contribution in [2.75, 3.05) is 12.3 Å². The number of alkyl halides is 2. The first-order valence-electron chi connectivity index (χ1n) is 11.5. The lowest BCUT2D eigenvalue weighted by Crippen LogP contribution is -2.40. The molecule has 1 aromatic carbocycles. The molecule has 38 heavy (non-hydrogen) atoms. The molecule has 1 saturated heterocycles. The van der Waals surface area contributed by atoms with Gasteiger partial charge in [0, 0.05) is 0 Å². The number of hydrogen-bond donors (Lipinski definition) is 3. The fraction of sp³-hybridized carbons (Fsp3) is 0.455. The molecule has 0 radical (unpaired) electrons. The van der Waals surface area contributed by atoms with Crippen LogP contribution in [-0.4, -0.2) is 66.7 Å². The van der Waals surface area contributed by atoms with Crippen LogP contribution in [-0.2, 0) is 30.6 Å². The Balaban J connectivity index is 1.54. The molecule has 4 N–H and O–H groups in total. The zero-order valence-corrected chi connectivity index (χ0v) is 23.1. The Morgan fingerprint density at radius 1 is 1.34 bits per heavy atom. The monoisotopic (exact) mass is 588 g/mol. The number of imidazole rings is 1. The normalized spacial score (nSPS) is 25.8. The number of para-hydroxylation sites is 1. The molecule has 3 aromatic rings. The second kappa shape index (κ2) is 11.3. The number of aromatic nitrogens is 4. The van der Waals surface area contributed by atoms with Gasteiger partial charge in [-0.3, -0.25) is 9.36 Å². The molecular weight excluding hydrogens is 562 g/mol. The zero-order valence-electron chi connectivity index (χ0n) is 20.6. The summed E-state index contributed by atoms with van der Waals surface area (Å²) in [5, 5.41) is 10.8. The van der Waals surface area contributed by atoms with Gasteiger partial charge in [0.15, 0.2) is 17.7 Å². The van der Waals surface area contributed by atoms with Crippen molar-refractivity contribution in [1.29, 1.82) is 0 Å². The molecule has 12 nitrogen and oxygen atoms in total. The molecule has 4 rings (SSSR count). The van der Waals surface area contributed by atoms with E-state index in [1.807, 2.05) is 0 Å². The standard InChI is InChI=1S/C22H27ClFN6O6PS/c1-12(2)34-20(32)13(3)29-37(38,36-14-7-5-4-6-8-14)33-9-15-17(31)22(23,24)21(35-15)30-11-28-16-18(25)26-10-27-19(16)30/h4-8,10-13,15,17,21,31H,9H2,1-3H3,(H,29,38)(H2,25,26,27)/t13-,15+,17+,21+,22-,37?/m0/s1. The van der Waals surface area contributed by atoms with Crippen molar-refractivity contribution >= 4 is 53.0 Å². The van der Waals surface area contributed by atoms with Gasteiger partial charge in [-0.25, -0.2) is 24.4 Å². The number of nitrogens with two attached hydrogens (primary N) is 1. The Bertz CT molecular complexity index is 1330. The lowest BCUT2D eigenvalue weighted by Gasteiger charge is -2.28. The van der Waals surface area contributed by atoms with Crippen molar-refractivity contribution in [3.8, 4) is 5.75 Å². The van der Waals surface area contributed by atoms with Crippen molar-refractivity contribution in [1.82, 2.24) is 24.6 Å². The molecule has 2 aromatic heterocycles. The summed E-state index contributed by atoms with van der Waals surface area (Å²) in [7, 11) is 0. The second-order valence-electron chi connectivity index (χ2n) is 8.76. The average Bonchev–Trinajstić information content (AvgIpc) is 3.37. The summed E-state index contributed by atoms with van der Waals surface area (Å²) in [4.78, 5) is 24.4. The third-order valence-electron chi connectivity index (χ3n) is 5.45. The summed E-state index contributed by atoms with van der Waals surface area (Å²) in [6, 6.07) is 7.67. The van der Waals surface area contributed by atoms with E-state index in [0.29, 0.717) is 5.75 Å². The number of esters is 1. The number of carbonyl (C=O) groups is 1. The van der Waals surface area contributed by atoms with Crippen LogP contribution in [0.2, 0.25) is 0 Å². The van der Waals surface area contributed by atoms with Crippen molar-refractivity contribution in [3.63, 3.8) is 0 Å². The molecule has 16 heteroatoms. The van der Waals surface area contributed by atoms with Crippen LogP contribution in [0.5, 0.6) is 5.75 Å². The van der Waals surface area contributed by atoms with Gasteiger partial charge in [0.05, 0.1) is 19.0 Å². The molecular formula is C22H27ClFN6O6PS. The molecule has 206 valence electrons. The van der Waals surface area contributed by atoms with Crippen molar-refractivity contribution in [3.05, 3.63) is 43.0 Å². The number of nitrogens with one attached hydrogen (secondary N) is 1. The highest BCUT2D eigenvalue weighted by atomic mass is 35.5. The first-order chi connectivity index (χ1) is 17.9.